The van der Waals surface area contributed by atoms with Crippen LogP contribution in [-0.4, -0.2) is 52.6 Å². The maximum Gasteiger partial charge on any atom is 0.308 e. The van der Waals surface area contributed by atoms with E-state index in [-0.39, 0.29) is 29.1 Å². The lowest BCUT2D eigenvalue weighted by Gasteiger charge is -2.31. The number of amides is 3. The monoisotopic (exact) mass is 473 g/mol. The van der Waals surface area contributed by atoms with Gasteiger partial charge >= 0.3 is 4.87 Å². The number of fused-ring (bicyclic) bond motifs is 2. The van der Waals surface area contributed by atoms with Crippen molar-refractivity contribution < 1.29 is 19.1 Å². The molecule has 3 atom stereocenters. The van der Waals surface area contributed by atoms with Crippen LogP contribution >= 0.6 is 23.1 Å². The minimum Gasteiger partial charge on any atom is -0.497 e. The molecule has 1 aromatic carbocycles. The van der Waals surface area contributed by atoms with Crippen LogP contribution in [0.25, 0.3) is 0 Å². The van der Waals surface area contributed by atoms with Crippen LogP contribution in [0.3, 0.4) is 0 Å². The van der Waals surface area contributed by atoms with Crippen LogP contribution in [0, 0.1) is 5.92 Å². The van der Waals surface area contributed by atoms with Gasteiger partial charge in [0, 0.05) is 23.9 Å². The van der Waals surface area contributed by atoms with E-state index >= 15 is 0 Å². The number of ether oxygens (including phenoxy) is 1. The Kier molecular flexibility index (Phi) is 5.58. The molecule has 0 bridgehead atoms. The highest BCUT2D eigenvalue weighted by atomic mass is 32.2. The number of rotatable bonds is 4. The van der Waals surface area contributed by atoms with Gasteiger partial charge in [-0.15, -0.1) is 0 Å². The Morgan fingerprint density at radius 3 is 2.50 bits per heavy atom. The number of nitrogens with one attached hydrogen (secondary N) is 1. The first-order chi connectivity index (χ1) is 15.5. The molecule has 1 aromatic heterocycles. The van der Waals surface area contributed by atoms with E-state index < -0.39 is 17.1 Å². The number of piperidine rings is 1. The molecule has 2 aromatic rings. The van der Waals surface area contributed by atoms with Crippen LogP contribution in [0.1, 0.15) is 35.6 Å². The normalized spacial score (nSPS) is 24.7. The van der Waals surface area contributed by atoms with Gasteiger partial charge in [0.05, 0.1) is 18.1 Å². The summed E-state index contributed by atoms with van der Waals surface area (Å²) in [6, 6.07) is 7.34. The zero-order valence-corrected chi connectivity index (χ0v) is 19.2. The number of nitrogens with zero attached hydrogens (tertiary/aromatic N) is 2. The van der Waals surface area contributed by atoms with Gasteiger partial charge in [-0.05, 0) is 37.0 Å². The summed E-state index contributed by atoms with van der Waals surface area (Å²) < 4.78 is 6.73. The number of thioether (sulfide) groups is 1. The zero-order valence-electron chi connectivity index (χ0n) is 17.5. The summed E-state index contributed by atoms with van der Waals surface area (Å²) in [5.41, 5.74) is 0.836. The first-order valence-corrected chi connectivity index (χ1v) is 12.3. The van der Waals surface area contributed by atoms with Gasteiger partial charge in [0.2, 0.25) is 17.7 Å². The Hall–Kier alpha value is -2.59. The maximum atomic E-state index is 13.0. The summed E-state index contributed by atoms with van der Waals surface area (Å²) in [5, 5.41) is 2.44. The van der Waals surface area contributed by atoms with Gasteiger partial charge in [0.1, 0.15) is 17.5 Å². The molecule has 168 valence electrons. The fourth-order valence-electron chi connectivity index (χ4n) is 4.72. The highest BCUT2D eigenvalue weighted by Gasteiger charge is 2.52. The smallest absolute Gasteiger partial charge is 0.308 e. The summed E-state index contributed by atoms with van der Waals surface area (Å²) in [7, 11) is 1.58. The van der Waals surface area contributed by atoms with E-state index in [1.807, 2.05) is 17.0 Å². The molecule has 3 amide bonds. The van der Waals surface area contributed by atoms with Crippen LogP contribution in [-0.2, 0) is 20.9 Å². The number of carbonyl (C=O) groups is 3. The molecule has 0 radical (unpaired) electrons. The number of likely N-dealkylation sites (tertiary alicyclic amines) is 1. The van der Waals surface area contributed by atoms with Gasteiger partial charge in [0.15, 0.2) is 0 Å². The third-order valence-corrected chi connectivity index (χ3v) is 8.98. The molecule has 0 aliphatic carbocycles. The van der Waals surface area contributed by atoms with E-state index in [9.17, 15) is 19.2 Å². The fourth-order valence-corrected chi connectivity index (χ4v) is 7.46. The molecular formula is C22H23N3O5S2. The molecule has 2 fully saturated rings. The molecule has 3 unspecified atom stereocenters. The SMILES string of the molecule is COc1ccc(C2c3sc(=O)n(CC(=O)N4CCCCC4)c3SC3C(=O)NC(=O)C32)cc1. The van der Waals surface area contributed by atoms with Crippen molar-refractivity contribution in [2.45, 2.75) is 42.0 Å². The van der Waals surface area contributed by atoms with E-state index in [4.69, 9.17) is 4.74 Å². The minimum absolute atomic E-state index is 0.0417. The first-order valence-electron chi connectivity index (χ1n) is 10.6. The molecule has 3 aliphatic heterocycles. The lowest BCUT2D eigenvalue weighted by Crippen LogP contribution is -2.39. The number of methoxy groups -OCH3 is 1. The van der Waals surface area contributed by atoms with Gasteiger partial charge in [-0.1, -0.05) is 35.2 Å². The molecule has 2 saturated heterocycles. The second-order valence-corrected chi connectivity index (χ2v) is 10.4. The number of aromatic nitrogens is 1. The molecule has 4 heterocycles. The summed E-state index contributed by atoms with van der Waals surface area (Å²) >= 11 is 2.29. The largest absolute Gasteiger partial charge is 0.497 e. The molecule has 0 saturated carbocycles. The maximum absolute atomic E-state index is 13.0. The number of benzene rings is 1. The van der Waals surface area contributed by atoms with E-state index in [1.165, 1.54) is 16.3 Å². The minimum atomic E-state index is -0.632. The molecule has 1 N–H and O–H groups in total. The Balaban J connectivity index is 1.56. The first kappa shape index (κ1) is 21.3. The molecule has 3 aliphatic rings. The van der Waals surface area contributed by atoms with Crippen molar-refractivity contribution in [1.29, 1.82) is 0 Å². The third kappa shape index (κ3) is 3.55. The second kappa shape index (κ2) is 8.40. The molecule has 32 heavy (non-hydrogen) atoms. The Morgan fingerprint density at radius 1 is 1.09 bits per heavy atom. The van der Waals surface area contributed by atoms with Crippen LogP contribution in [0.4, 0.5) is 0 Å². The van der Waals surface area contributed by atoms with Crippen molar-refractivity contribution in [3.05, 3.63) is 44.4 Å². The van der Waals surface area contributed by atoms with Gasteiger partial charge in [-0.25, -0.2) is 0 Å². The second-order valence-electron chi connectivity index (χ2n) is 8.23. The van der Waals surface area contributed by atoms with E-state index in [0.717, 1.165) is 41.0 Å². The van der Waals surface area contributed by atoms with Gasteiger partial charge < -0.3 is 9.64 Å². The fraction of sp³-hybridized carbons (Fsp3) is 0.455. The van der Waals surface area contributed by atoms with Crippen molar-refractivity contribution in [2.75, 3.05) is 20.2 Å². The number of hydrogen-bond acceptors (Lipinski definition) is 7. The highest BCUT2D eigenvalue weighted by Crippen LogP contribution is 2.51. The lowest BCUT2D eigenvalue weighted by atomic mass is 9.83. The number of thiazole rings is 1. The molecule has 0 spiro atoms. The Morgan fingerprint density at radius 2 is 1.81 bits per heavy atom. The van der Waals surface area contributed by atoms with Crippen molar-refractivity contribution >= 4 is 40.8 Å². The number of imide groups is 1. The summed E-state index contributed by atoms with van der Waals surface area (Å²) in [4.78, 5) is 53.4. The lowest BCUT2D eigenvalue weighted by molar-refractivity contribution is -0.133. The Bertz CT molecular complexity index is 1130. The predicted octanol–water partition coefficient (Wildman–Crippen LogP) is 1.81. The van der Waals surface area contributed by atoms with Gasteiger partial charge in [-0.3, -0.25) is 29.1 Å². The standard InChI is InChI=1S/C22H23N3O5S2/c1-30-13-7-5-12(6-8-13)15-16-17(20(28)23-19(16)27)31-21-18(15)32-22(29)25(21)11-14(26)24-9-3-2-4-10-24/h5-8,15-17H,2-4,9-11H2,1H3,(H,23,27,28). The average Bonchev–Trinajstić information content (AvgIpc) is 3.28. The van der Waals surface area contributed by atoms with Gasteiger partial charge in [-0.2, -0.15) is 0 Å². The van der Waals surface area contributed by atoms with E-state index in [1.54, 1.807) is 19.2 Å². The summed E-state index contributed by atoms with van der Waals surface area (Å²) in [6.07, 6.45) is 3.06. The van der Waals surface area contributed by atoms with Crippen molar-refractivity contribution in [2.24, 2.45) is 5.92 Å². The third-order valence-electron chi connectivity index (χ3n) is 6.36. The molecule has 8 nitrogen and oxygen atoms in total. The molecule has 5 rings (SSSR count). The number of hydrogen-bond donors (Lipinski definition) is 1. The van der Waals surface area contributed by atoms with Crippen LogP contribution in [0.5, 0.6) is 5.75 Å². The summed E-state index contributed by atoms with van der Waals surface area (Å²) in [5.74, 6) is -1.10. The van der Waals surface area contributed by atoms with Crippen LogP contribution in [0.2, 0.25) is 0 Å². The average molecular weight is 474 g/mol. The van der Waals surface area contributed by atoms with E-state index in [0.29, 0.717) is 23.9 Å². The zero-order chi connectivity index (χ0) is 22.4. The summed E-state index contributed by atoms with van der Waals surface area (Å²) in [6.45, 7) is 1.38. The van der Waals surface area contributed by atoms with Gasteiger partial charge in [0.25, 0.3) is 0 Å². The van der Waals surface area contributed by atoms with Crippen LogP contribution < -0.4 is 14.9 Å². The van der Waals surface area contributed by atoms with E-state index in [2.05, 4.69) is 5.32 Å². The predicted molar refractivity (Wildman–Crippen MR) is 120 cm³/mol. The van der Waals surface area contributed by atoms with Crippen molar-refractivity contribution in [1.82, 2.24) is 14.8 Å². The van der Waals surface area contributed by atoms with Crippen LogP contribution in [0.15, 0.2) is 34.1 Å². The highest BCUT2D eigenvalue weighted by molar-refractivity contribution is 8.00. The van der Waals surface area contributed by atoms with Crippen molar-refractivity contribution in [3.8, 4) is 5.75 Å². The topological polar surface area (TPSA) is 97.7 Å². The number of carbonyl (C=O) groups excluding carboxylic acids is 3. The Labute approximate surface area is 192 Å². The molecule has 10 heteroatoms. The quantitative estimate of drug-likeness (QED) is 0.681. The molecular weight excluding hydrogens is 450 g/mol. The van der Waals surface area contributed by atoms with Crippen molar-refractivity contribution in [3.63, 3.8) is 0 Å².